The van der Waals surface area contributed by atoms with Gasteiger partial charge in [-0.15, -0.1) is 5.43 Å². The van der Waals surface area contributed by atoms with Crippen LogP contribution in [-0.4, -0.2) is 6.21 Å². The normalized spacial score (nSPS) is 22.4. The van der Waals surface area contributed by atoms with Crippen molar-refractivity contribution in [1.82, 2.24) is 10.5 Å². The summed E-state index contributed by atoms with van der Waals surface area (Å²) in [6, 6.07) is 0. The van der Waals surface area contributed by atoms with Gasteiger partial charge in [0.1, 0.15) is 5.70 Å². The SMILES string of the molecule is C1=[N+]NC2=CCCCC2=C1. The quantitative estimate of drug-likeness (QED) is 0.523. The summed E-state index contributed by atoms with van der Waals surface area (Å²) in [4.78, 5) is 0. The van der Waals surface area contributed by atoms with Crippen LogP contribution in [0.2, 0.25) is 0 Å². The van der Waals surface area contributed by atoms with Crippen molar-refractivity contribution in [3.05, 3.63) is 23.4 Å². The largest absolute Gasteiger partial charge is 0.275 e. The molecule has 0 spiro atoms. The van der Waals surface area contributed by atoms with Gasteiger partial charge in [-0.1, -0.05) is 6.08 Å². The maximum atomic E-state index is 3.94. The molecule has 0 bridgehead atoms. The number of rotatable bonds is 0. The van der Waals surface area contributed by atoms with E-state index in [1.807, 2.05) is 6.21 Å². The highest BCUT2D eigenvalue weighted by atomic mass is 15.3. The maximum absolute atomic E-state index is 3.94. The zero-order chi connectivity index (χ0) is 6.81. The molecule has 0 aromatic carbocycles. The summed E-state index contributed by atoms with van der Waals surface area (Å²) in [5.74, 6) is 0. The van der Waals surface area contributed by atoms with Crippen LogP contribution in [-0.2, 0) is 0 Å². The Morgan fingerprint density at radius 3 is 3.40 bits per heavy atom. The standard InChI is InChI=1S/C8H10N2/c1-2-4-8-7(3-1)5-6-9-10-8/h4-6,10H,1-3H2/q+1. The molecule has 0 amide bonds. The van der Waals surface area contributed by atoms with Crippen LogP contribution in [0.1, 0.15) is 19.3 Å². The highest BCUT2D eigenvalue weighted by Gasteiger charge is 2.15. The van der Waals surface area contributed by atoms with E-state index in [1.54, 1.807) is 0 Å². The minimum atomic E-state index is 1.19. The van der Waals surface area contributed by atoms with E-state index in [4.69, 9.17) is 0 Å². The molecule has 2 rings (SSSR count). The number of nitrogens with one attached hydrogen (secondary N) is 1. The zero-order valence-electron chi connectivity index (χ0n) is 5.80. The van der Waals surface area contributed by atoms with Crippen molar-refractivity contribution in [3.63, 3.8) is 0 Å². The first kappa shape index (κ1) is 5.71. The third-order valence-corrected chi connectivity index (χ3v) is 1.88. The van der Waals surface area contributed by atoms with Crippen molar-refractivity contribution >= 4 is 6.21 Å². The molecule has 2 nitrogen and oxygen atoms in total. The van der Waals surface area contributed by atoms with E-state index in [2.05, 4.69) is 22.7 Å². The topological polar surface area (TPSA) is 26.1 Å². The Hall–Kier alpha value is -1.05. The molecule has 2 aliphatic rings. The number of fused-ring (bicyclic) bond motifs is 1. The van der Waals surface area contributed by atoms with Gasteiger partial charge in [0.05, 0.1) is 0 Å². The van der Waals surface area contributed by atoms with Gasteiger partial charge in [0.25, 0.3) is 6.21 Å². The lowest BCUT2D eigenvalue weighted by Crippen LogP contribution is -2.23. The van der Waals surface area contributed by atoms with E-state index in [1.165, 1.54) is 30.5 Å². The second kappa shape index (κ2) is 2.29. The summed E-state index contributed by atoms with van der Waals surface area (Å²) >= 11 is 0. The third-order valence-electron chi connectivity index (χ3n) is 1.88. The smallest absolute Gasteiger partial charge is 0.101 e. The fraction of sp³-hybridized carbons (Fsp3) is 0.375. The Morgan fingerprint density at radius 2 is 2.50 bits per heavy atom. The lowest BCUT2D eigenvalue weighted by Gasteiger charge is -2.12. The van der Waals surface area contributed by atoms with Crippen LogP contribution in [0, 0.1) is 0 Å². The second-order valence-corrected chi connectivity index (χ2v) is 2.59. The van der Waals surface area contributed by atoms with E-state index in [0.29, 0.717) is 0 Å². The molecule has 1 N–H and O–H groups in total. The minimum Gasteiger partial charge on any atom is -0.101 e. The lowest BCUT2D eigenvalue weighted by molar-refractivity contribution is 0.716. The monoisotopic (exact) mass is 134 g/mol. The molecule has 1 aliphatic heterocycles. The van der Waals surface area contributed by atoms with Crippen LogP contribution in [0.5, 0.6) is 0 Å². The Bertz CT molecular complexity index is 223. The predicted molar refractivity (Wildman–Crippen MR) is 41.4 cm³/mol. The molecule has 10 heavy (non-hydrogen) atoms. The Balaban J connectivity index is 2.32. The van der Waals surface area contributed by atoms with Crippen molar-refractivity contribution in [3.8, 4) is 0 Å². The molecule has 1 aliphatic carbocycles. The van der Waals surface area contributed by atoms with E-state index in [0.717, 1.165) is 0 Å². The van der Waals surface area contributed by atoms with Crippen LogP contribution in [0.25, 0.3) is 0 Å². The number of hydrogen-bond acceptors (Lipinski definition) is 2. The van der Waals surface area contributed by atoms with Crippen LogP contribution in [0.4, 0.5) is 0 Å². The van der Waals surface area contributed by atoms with Crippen LogP contribution in [0.3, 0.4) is 0 Å². The first-order chi connectivity index (χ1) is 4.97. The van der Waals surface area contributed by atoms with Gasteiger partial charge in [0.15, 0.2) is 5.10 Å². The van der Waals surface area contributed by atoms with Gasteiger partial charge >= 0.3 is 0 Å². The van der Waals surface area contributed by atoms with E-state index >= 15 is 0 Å². The number of allylic oxidation sites excluding steroid dienone is 3. The molecule has 0 fully saturated rings. The molecule has 2 heteroatoms. The minimum absolute atomic E-state index is 1.19. The molecule has 0 saturated heterocycles. The van der Waals surface area contributed by atoms with Crippen LogP contribution < -0.4 is 10.5 Å². The van der Waals surface area contributed by atoms with E-state index in [-0.39, 0.29) is 0 Å². The molecular weight excluding hydrogens is 124 g/mol. The highest BCUT2D eigenvalue weighted by molar-refractivity contribution is 5.74. The first-order valence-corrected chi connectivity index (χ1v) is 3.65. The van der Waals surface area contributed by atoms with E-state index < -0.39 is 0 Å². The van der Waals surface area contributed by atoms with Gasteiger partial charge in [0, 0.05) is 6.08 Å². The fourth-order valence-corrected chi connectivity index (χ4v) is 1.33. The Kier molecular flexibility index (Phi) is 1.31. The Labute approximate surface area is 60.3 Å². The highest BCUT2D eigenvalue weighted by Crippen LogP contribution is 2.21. The van der Waals surface area contributed by atoms with E-state index in [9.17, 15) is 0 Å². The summed E-state index contributed by atoms with van der Waals surface area (Å²) < 4.78 is 0. The maximum Gasteiger partial charge on any atom is 0.275 e. The zero-order valence-corrected chi connectivity index (χ0v) is 5.80. The lowest BCUT2D eigenvalue weighted by atomic mass is 9.98. The summed E-state index contributed by atoms with van der Waals surface area (Å²) in [6.45, 7) is 0. The van der Waals surface area contributed by atoms with Crippen LogP contribution in [0.15, 0.2) is 23.4 Å². The van der Waals surface area contributed by atoms with Gasteiger partial charge in [-0.2, -0.15) is 0 Å². The fourth-order valence-electron chi connectivity index (χ4n) is 1.33. The molecule has 0 unspecified atom stereocenters. The van der Waals surface area contributed by atoms with Crippen molar-refractivity contribution in [2.24, 2.45) is 0 Å². The summed E-state index contributed by atoms with van der Waals surface area (Å²) in [7, 11) is 0. The van der Waals surface area contributed by atoms with Gasteiger partial charge in [-0.25, -0.2) is 0 Å². The molecule has 1 heterocycles. The molecule has 0 atom stereocenters. The van der Waals surface area contributed by atoms with Crippen molar-refractivity contribution in [2.75, 3.05) is 0 Å². The first-order valence-electron chi connectivity index (χ1n) is 3.65. The second-order valence-electron chi connectivity index (χ2n) is 2.59. The predicted octanol–water partition coefficient (Wildman–Crippen LogP) is 0.905. The number of hydrazone groups is 1. The molecular formula is C8H10N2+. The van der Waals surface area contributed by atoms with Crippen molar-refractivity contribution in [1.29, 1.82) is 0 Å². The molecule has 0 saturated carbocycles. The average Bonchev–Trinajstić information content (AvgIpc) is 2.05. The molecule has 51 valence electrons. The van der Waals surface area contributed by atoms with Crippen molar-refractivity contribution < 1.29 is 0 Å². The van der Waals surface area contributed by atoms with Gasteiger partial charge < -0.3 is 0 Å². The number of nitrogens with zero attached hydrogens (tertiary/aromatic N) is 1. The summed E-state index contributed by atoms with van der Waals surface area (Å²) in [6.07, 6.45) is 9.79. The van der Waals surface area contributed by atoms with Gasteiger partial charge in [-0.3, -0.25) is 0 Å². The number of hydrogen-bond donors (Lipinski definition) is 1. The van der Waals surface area contributed by atoms with Crippen LogP contribution >= 0.6 is 0 Å². The van der Waals surface area contributed by atoms with Crippen molar-refractivity contribution in [2.45, 2.75) is 19.3 Å². The molecule has 0 aromatic rings. The molecule has 1 radical (unpaired) electrons. The summed E-state index contributed by atoms with van der Waals surface area (Å²) in [5.41, 5.74) is 5.60. The summed E-state index contributed by atoms with van der Waals surface area (Å²) in [5, 5.41) is 3.94. The average molecular weight is 134 g/mol. The Morgan fingerprint density at radius 1 is 1.50 bits per heavy atom. The third kappa shape index (κ3) is 0.856. The van der Waals surface area contributed by atoms with Gasteiger partial charge in [-0.05, 0) is 24.8 Å². The van der Waals surface area contributed by atoms with Gasteiger partial charge in [0.2, 0.25) is 0 Å². The molecule has 0 aromatic heterocycles.